The van der Waals surface area contributed by atoms with Crippen molar-refractivity contribution in [2.75, 3.05) is 11.8 Å². The first kappa shape index (κ1) is 24.2. The Morgan fingerprint density at radius 1 is 1.06 bits per heavy atom. The Morgan fingerprint density at radius 3 is 2.40 bits per heavy atom. The number of halogens is 2. The van der Waals surface area contributed by atoms with Gasteiger partial charge in [0.2, 0.25) is 0 Å². The third-order valence-electron chi connectivity index (χ3n) is 4.84. The monoisotopic (exact) mass is 517 g/mol. The van der Waals surface area contributed by atoms with E-state index in [9.17, 15) is 26.8 Å². The smallest absolute Gasteiger partial charge is 0.325 e. The van der Waals surface area contributed by atoms with Crippen LogP contribution in [0.25, 0.3) is 10.2 Å². The van der Waals surface area contributed by atoms with Gasteiger partial charge in [-0.1, -0.05) is 29.5 Å². The van der Waals surface area contributed by atoms with E-state index >= 15 is 0 Å². The lowest BCUT2D eigenvalue weighted by Gasteiger charge is -2.08. The van der Waals surface area contributed by atoms with Crippen molar-refractivity contribution in [3.63, 3.8) is 0 Å². The molecule has 0 aliphatic heterocycles. The zero-order chi connectivity index (χ0) is 25.2. The summed E-state index contributed by atoms with van der Waals surface area (Å²) >= 11 is 0.832. The molecular formula is C23H17F2N3O5S2. The number of benzene rings is 3. The summed E-state index contributed by atoms with van der Waals surface area (Å²) < 4.78 is 61.4. The van der Waals surface area contributed by atoms with Gasteiger partial charge in [0.1, 0.15) is 12.4 Å². The number of thiazole rings is 1. The van der Waals surface area contributed by atoms with Crippen LogP contribution in [0.2, 0.25) is 0 Å². The highest BCUT2D eigenvalue weighted by molar-refractivity contribution is 7.92. The molecule has 0 spiro atoms. The number of carbonyl (C=O) groups excluding carboxylic acids is 2. The number of aromatic nitrogens is 1. The molecule has 1 aromatic heterocycles. The first-order chi connectivity index (χ1) is 16.7. The van der Waals surface area contributed by atoms with E-state index < -0.39 is 40.1 Å². The van der Waals surface area contributed by atoms with Gasteiger partial charge in [0.05, 0.1) is 22.2 Å². The Bertz CT molecular complexity index is 1600. The molecule has 0 atom stereocenters. The van der Waals surface area contributed by atoms with Crippen LogP contribution >= 0.6 is 11.3 Å². The molecule has 0 unspecified atom stereocenters. The summed E-state index contributed by atoms with van der Waals surface area (Å²) in [7, 11) is -2.65. The summed E-state index contributed by atoms with van der Waals surface area (Å²) in [5.74, 6) is -3.16. The van der Waals surface area contributed by atoms with Gasteiger partial charge < -0.3 is 9.30 Å². The first-order valence-corrected chi connectivity index (χ1v) is 12.3. The largest absolute Gasteiger partial charge is 0.468 e. The number of nitrogens with one attached hydrogen (secondary N) is 1. The molecule has 0 fully saturated rings. The molecule has 0 radical (unpaired) electrons. The second-order valence-electron chi connectivity index (χ2n) is 7.19. The standard InChI is InChI=1S/C23H17F2N3O5S2/c1-33-20(29)13-28-21-18(25)11-15(24)12-19(21)34-23(28)26-22(30)14-7-9-16(10-8-14)27-35(31,32)17-5-3-2-4-6-17/h2-12,27H,13H2,1H3. The van der Waals surface area contributed by atoms with Crippen LogP contribution in [0.1, 0.15) is 10.4 Å². The molecule has 180 valence electrons. The molecule has 0 bridgehead atoms. The molecule has 1 amide bonds. The number of sulfonamides is 1. The first-order valence-electron chi connectivity index (χ1n) is 10.00. The third kappa shape index (κ3) is 5.28. The summed E-state index contributed by atoms with van der Waals surface area (Å²) in [5.41, 5.74) is 0.256. The van der Waals surface area contributed by atoms with Gasteiger partial charge in [-0.15, -0.1) is 0 Å². The number of fused-ring (bicyclic) bond motifs is 1. The van der Waals surface area contributed by atoms with Gasteiger partial charge in [0.25, 0.3) is 15.9 Å². The number of anilines is 1. The quantitative estimate of drug-likeness (QED) is 0.393. The van der Waals surface area contributed by atoms with E-state index in [0.717, 1.165) is 29.1 Å². The number of methoxy groups -OCH3 is 1. The number of esters is 1. The molecule has 3 aromatic carbocycles. The lowest BCUT2D eigenvalue weighted by Crippen LogP contribution is -2.23. The highest BCUT2D eigenvalue weighted by Gasteiger charge is 2.17. The molecule has 0 aliphatic carbocycles. The average Bonchev–Trinajstić information content (AvgIpc) is 3.16. The Kier molecular flexibility index (Phi) is 6.76. The van der Waals surface area contributed by atoms with E-state index in [4.69, 9.17) is 0 Å². The van der Waals surface area contributed by atoms with Gasteiger partial charge in [-0.2, -0.15) is 4.99 Å². The Hall–Kier alpha value is -3.90. The lowest BCUT2D eigenvalue weighted by atomic mass is 10.2. The van der Waals surface area contributed by atoms with E-state index in [-0.39, 0.29) is 31.2 Å². The fourth-order valence-corrected chi connectivity index (χ4v) is 5.35. The summed E-state index contributed by atoms with van der Waals surface area (Å²) in [6.45, 7) is -0.439. The maximum atomic E-state index is 14.4. The van der Waals surface area contributed by atoms with Crippen LogP contribution in [0.4, 0.5) is 14.5 Å². The third-order valence-corrected chi connectivity index (χ3v) is 7.27. The average molecular weight is 518 g/mol. The minimum absolute atomic E-state index is 0.0336. The molecule has 4 aromatic rings. The number of hydrogen-bond donors (Lipinski definition) is 1. The highest BCUT2D eigenvalue weighted by atomic mass is 32.2. The van der Waals surface area contributed by atoms with Crippen LogP contribution in [0.15, 0.2) is 76.6 Å². The predicted octanol–water partition coefficient (Wildman–Crippen LogP) is 3.70. The van der Waals surface area contributed by atoms with Gasteiger partial charge in [-0.3, -0.25) is 14.3 Å². The van der Waals surface area contributed by atoms with E-state index in [0.29, 0.717) is 6.07 Å². The van der Waals surface area contributed by atoms with Crippen LogP contribution in [-0.4, -0.2) is 32.0 Å². The van der Waals surface area contributed by atoms with Gasteiger partial charge >= 0.3 is 5.97 Å². The zero-order valence-electron chi connectivity index (χ0n) is 18.1. The normalized spacial score (nSPS) is 12.0. The predicted molar refractivity (Wildman–Crippen MR) is 125 cm³/mol. The highest BCUT2D eigenvalue weighted by Crippen LogP contribution is 2.23. The summed E-state index contributed by atoms with van der Waals surface area (Å²) in [4.78, 5) is 28.6. The van der Waals surface area contributed by atoms with Crippen molar-refractivity contribution in [2.24, 2.45) is 4.99 Å². The molecule has 35 heavy (non-hydrogen) atoms. The molecule has 0 saturated carbocycles. The van der Waals surface area contributed by atoms with E-state index in [2.05, 4.69) is 14.5 Å². The van der Waals surface area contributed by atoms with Crippen molar-refractivity contribution in [3.05, 3.63) is 88.7 Å². The maximum absolute atomic E-state index is 14.4. The fourth-order valence-electron chi connectivity index (χ4n) is 3.20. The number of hydrogen-bond acceptors (Lipinski definition) is 6. The van der Waals surface area contributed by atoms with Crippen molar-refractivity contribution in [1.82, 2.24) is 4.57 Å². The molecule has 8 nitrogen and oxygen atoms in total. The molecule has 1 N–H and O–H groups in total. The topological polar surface area (TPSA) is 107 Å². The Labute approximate surface area is 202 Å². The van der Waals surface area contributed by atoms with Crippen molar-refractivity contribution in [1.29, 1.82) is 0 Å². The van der Waals surface area contributed by atoms with Crippen molar-refractivity contribution < 1.29 is 31.5 Å². The van der Waals surface area contributed by atoms with Crippen LogP contribution < -0.4 is 9.52 Å². The van der Waals surface area contributed by atoms with Gasteiger partial charge in [0, 0.05) is 17.3 Å². The Balaban J connectivity index is 1.66. The molecule has 0 aliphatic rings. The molecule has 12 heteroatoms. The van der Waals surface area contributed by atoms with Crippen LogP contribution in [-0.2, 0) is 26.1 Å². The maximum Gasteiger partial charge on any atom is 0.325 e. The minimum Gasteiger partial charge on any atom is -0.468 e. The number of carbonyl (C=O) groups is 2. The van der Waals surface area contributed by atoms with Crippen LogP contribution in [0.3, 0.4) is 0 Å². The van der Waals surface area contributed by atoms with Gasteiger partial charge in [0.15, 0.2) is 10.6 Å². The number of amides is 1. The molecule has 4 rings (SSSR count). The minimum atomic E-state index is -3.81. The van der Waals surface area contributed by atoms with Crippen molar-refractivity contribution in [3.8, 4) is 0 Å². The molecule has 0 saturated heterocycles. The number of rotatable bonds is 6. The Morgan fingerprint density at radius 2 is 1.74 bits per heavy atom. The SMILES string of the molecule is COC(=O)Cn1c(=NC(=O)c2ccc(NS(=O)(=O)c3ccccc3)cc2)sc2cc(F)cc(F)c21. The second kappa shape index (κ2) is 9.76. The van der Waals surface area contributed by atoms with Crippen molar-refractivity contribution in [2.45, 2.75) is 11.4 Å². The number of ether oxygens (including phenoxy) is 1. The summed E-state index contributed by atoms with van der Waals surface area (Å²) in [5, 5.41) is 0. The van der Waals surface area contributed by atoms with E-state index in [1.165, 1.54) is 36.4 Å². The fraction of sp³-hybridized carbons (Fsp3) is 0.0870. The second-order valence-corrected chi connectivity index (χ2v) is 9.89. The summed E-state index contributed by atoms with van der Waals surface area (Å²) in [6.07, 6.45) is 0. The summed E-state index contributed by atoms with van der Waals surface area (Å²) in [6, 6.07) is 15.1. The van der Waals surface area contributed by atoms with Crippen LogP contribution in [0, 0.1) is 11.6 Å². The van der Waals surface area contributed by atoms with Gasteiger partial charge in [-0.25, -0.2) is 17.2 Å². The van der Waals surface area contributed by atoms with Gasteiger partial charge in [-0.05, 0) is 42.5 Å². The molecule has 1 heterocycles. The number of nitrogens with zero attached hydrogens (tertiary/aromatic N) is 2. The van der Waals surface area contributed by atoms with Crippen molar-refractivity contribution >= 4 is 49.1 Å². The molecular weight excluding hydrogens is 500 g/mol. The lowest BCUT2D eigenvalue weighted by molar-refractivity contribution is -0.141. The van der Waals surface area contributed by atoms with Crippen LogP contribution in [0.5, 0.6) is 0 Å². The zero-order valence-corrected chi connectivity index (χ0v) is 19.7. The van der Waals surface area contributed by atoms with E-state index in [1.54, 1.807) is 18.2 Å². The van der Waals surface area contributed by atoms with E-state index in [1.807, 2.05) is 0 Å².